The minimum absolute atomic E-state index is 0.220. The van der Waals surface area contributed by atoms with E-state index in [1.807, 2.05) is 0 Å². The second kappa shape index (κ2) is 6.07. The van der Waals surface area contributed by atoms with E-state index in [-0.39, 0.29) is 6.04 Å². The third-order valence-corrected chi connectivity index (χ3v) is 3.97. The molecule has 100 valence electrons. The Bertz CT molecular complexity index is 399. The third-order valence-electron chi connectivity index (χ3n) is 3.33. The summed E-state index contributed by atoms with van der Waals surface area (Å²) in [5.74, 6) is 0. The first kappa shape index (κ1) is 13.9. The van der Waals surface area contributed by atoms with E-state index in [9.17, 15) is 0 Å². The van der Waals surface area contributed by atoms with Crippen LogP contribution in [-0.2, 0) is 6.42 Å². The van der Waals surface area contributed by atoms with Crippen LogP contribution in [-0.4, -0.2) is 18.6 Å². The number of rotatable bonds is 6. The Morgan fingerprint density at radius 3 is 2.67 bits per heavy atom. The Labute approximate surface area is 119 Å². The molecule has 1 aliphatic carbocycles. The van der Waals surface area contributed by atoms with Gasteiger partial charge in [-0.05, 0) is 66.2 Å². The van der Waals surface area contributed by atoms with Gasteiger partial charge in [-0.2, -0.15) is 0 Å². The standard InChI is InChI=1S/C15H23BrN2/c1-3-8-18(13-5-6-13)15-7-4-12(9-11(2)17)10-14(15)16/h4,7,10-11,13H,3,5-6,8-9,17H2,1-2H3. The van der Waals surface area contributed by atoms with E-state index in [1.54, 1.807) is 0 Å². The topological polar surface area (TPSA) is 29.3 Å². The van der Waals surface area contributed by atoms with Gasteiger partial charge in [0.25, 0.3) is 0 Å². The molecule has 1 aliphatic rings. The highest BCUT2D eigenvalue weighted by Gasteiger charge is 2.29. The second-order valence-electron chi connectivity index (χ2n) is 5.39. The first-order valence-electron chi connectivity index (χ1n) is 6.92. The van der Waals surface area contributed by atoms with Crippen molar-refractivity contribution in [3.8, 4) is 0 Å². The predicted molar refractivity (Wildman–Crippen MR) is 82.2 cm³/mol. The van der Waals surface area contributed by atoms with Crippen molar-refractivity contribution in [2.45, 2.75) is 51.6 Å². The van der Waals surface area contributed by atoms with Crippen LogP contribution in [0, 0.1) is 0 Å². The van der Waals surface area contributed by atoms with Crippen LogP contribution < -0.4 is 10.6 Å². The molecular formula is C15H23BrN2. The molecule has 0 aliphatic heterocycles. The third kappa shape index (κ3) is 3.48. The molecule has 1 unspecified atom stereocenters. The lowest BCUT2D eigenvalue weighted by Crippen LogP contribution is -2.26. The molecule has 0 saturated heterocycles. The summed E-state index contributed by atoms with van der Waals surface area (Å²) in [5, 5.41) is 0. The number of anilines is 1. The first-order chi connectivity index (χ1) is 8.61. The van der Waals surface area contributed by atoms with E-state index < -0.39 is 0 Å². The van der Waals surface area contributed by atoms with Crippen molar-refractivity contribution in [1.82, 2.24) is 0 Å². The maximum Gasteiger partial charge on any atom is 0.0513 e. The number of nitrogens with zero attached hydrogens (tertiary/aromatic N) is 1. The maximum atomic E-state index is 5.85. The van der Waals surface area contributed by atoms with Gasteiger partial charge in [-0.25, -0.2) is 0 Å². The largest absolute Gasteiger partial charge is 0.368 e. The monoisotopic (exact) mass is 310 g/mol. The van der Waals surface area contributed by atoms with Crippen LogP contribution in [0.15, 0.2) is 22.7 Å². The molecule has 2 N–H and O–H groups in total. The number of hydrogen-bond acceptors (Lipinski definition) is 2. The Hall–Kier alpha value is -0.540. The van der Waals surface area contributed by atoms with E-state index in [4.69, 9.17) is 5.73 Å². The number of halogens is 1. The van der Waals surface area contributed by atoms with E-state index in [0.29, 0.717) is 0 Å². The average molecular weight is 311 g/mol. The van der Waals surface area contributed by atoms with Gasteiger partial charge in [0.1, 0.15) is 0 Å². The lowest BCUT2D eigenvalue weighted by atomic mass is 10.1. The van der Waals surface area contributed by atoms with Gasteiger partial charge in [0.05, 0.1) is 5.69 Å². The van der Waals surface area contributed by atoms with Crippen LogP contribution in [0.1, 0.15) is 38.7 Å². The van der Waals surface area contributed by atoms with Crippen LogP contribution in [0.25, 0.3) is 0 Å². The van der Waals surface area contributed by atoms with Gasteiger partial charge in [0.2, 0.25) is 0 Å². The minimum Gasteiger partial charge on any atom is -0.368 e. The zero-order chi connectivity index (χ0) is 13.1. The van der Waals surface area contributed by atoms with Crippen molar-refractivity contribution in [2.75, 3.05) is 11.4 Å². The fraction of sp³-hybridized carbons (Fsp3) is 0.600. The molecule has 0 radical (unpaired) electrons. The Morgan fingerprint density at radius 2 is 2.17 bits per heavy atom. The smallest absolute Gasteiger partial charge is 0.0513 e. The Morgan fingerprint density at radius 1 is 1.44 bits per heavy atom. The number of hydrogen-bond donors (Lipinski definition) is 1. The summed E-state index contributed by atoms with van der Waals surface area (Å²) in [6.45, 7) is 5.44. The molecule has 1 aromatic rings. The zero-order valence-electron chi connectivity index (χ0n) is 11.3. The van der Waals surface area contributed by atoms with E-state index >= 15 is 0 Å². The Kier molecular flexibility index (Phi) is 4.68. The summed E-state index contributed by atoms with van der Waals surface area (Å²) >= 11 is 3.72. The Balaban J connectivity index is 2.16. The van der Waals surface area contributed by atoms with Gasteiger partial charge < -0.3 is 10.6 Å². The van der Waals surface area contributed by atoms with Crippen molar-refractivity contribution in [1.29, 1.82) is 0 Å². The molecule has 0 spiro atoms. The molecule has 1 fully saturated rings. The molecule has 0 aromatic heterocycles. The van der Waals surface area contributed by atoms with Gasteiger partial charge in [0, 0.05) is 23.1 Å². The van der Waals surface area contributed by atoms with Crippen molar-refractivity contribution in [3.05, 3.63) is 28.2 Å². The molecule has 1 aromatic carbocycles. The van der Waals surface area contributed by atoms with Crippen molar-refractivity contribution >= 4 is 21.6 Å². The molecule has 0 heterocycles. The molecule has 1 atom stereocenters. The van der Waals surface area contributed by atoms with Gasteiger partial charge in [-0.1, -0.05) is 13.0 Å². The lowest BCUT2D eigenvalue weighted by molar-refractivity contribution is 0.735. The average Bonchev–Trinajstić information content (AvgIpc) is 3.10. The highest BCUT2D eigenvalue weighted by molar-refractivity contribution is 9.10. The normalized spacial score (nSPS) is 16.7. The molecule has 3 heteroatoms. The van der Waals surface area contributed by atoms with E-state index in [1.165, 1.54) is 35.0 Å². The summed E-state index contributed by atoms with van der Waals surface area (Å²) in [4.78, 5) is 2.54. The van der Waals surface area contributed by atoms with Gasteiger partial charge >= 0.3 is 0 Å². The highest BCUT2D eigenvalue weighted by Crippen LogP contribution is 2.36. The van der Waals surface area contributed by atoms with Crippen molar-refractivity contribution < 1.29 is 0 Å². The van der Waals surface area contributed by atoms with Crippen LogP contribution in [0.4, 0.5) is 5.69 Å². The number of benzene rings is 1. The van der Waals surface area contributed by atoms with Gasteiger partial charge in [-0.3, -0.25) is 0 Å². The summed E-state index contributed by atoms with van der Waals surface area (Å²) < 4.78 is 1.21. The van der Waals surface area contributed by atoms with Crippen LogP contribution >= 0.6 is 15.9 Å². The molecule has 1 saturated carbocycles. The van der Waals surface area contributed by atoms with Crippen LogP contribution in [0.3, 0.4) is 0 Å². The lowest BCUT2D eigenvalue weighted by Gasteiger charge is -2.25. The first-order valence-corrected chi connectivity index (χ1v) is 7.71. The molecule has 2 rings (SSSR count). The van der Waals surface area contributed by atoms with Crippen LogP contribution in [0.5, 0.6) is 0 Å². The minimum atomic E-state index is 0.220. The summed E-state index contributed by atoms with van der Waals surface area (Å²) in [6, 6.07) is 7.67. The van der Waals surface area contributed by atoms with Gasteiger partial charge in [-0.15, -0.1) is 0 Å². The van der Waals surface area contributed by atoms with E-state index in [0.717, 1.165) is 19.0 Å². The molecule has 0 amide bonds. The molecule has 0 bridgehead atoms. The second-order valence-corrected chi connectivity index (χ2v) is 6.25. The molecule has 2 nitrogen and oxygen atoms in total. The van der Waals surface area contributed by atoms with Crippen molar-refractivity contribution in [3.63, 3.8) is 0 Å². The van der Waals surface area contributed by atoms with Crippen LogP contribution in [0.2, 0.25) is 0 Å². The highest BCUT2D eigenvalue weighted by atomic mass is 79.9. The summed E-state index contributed by atoms with van der Waals surface area (Å²) in [6.07, 6.45) is 4.82. The molecular weight excluding hydrogens is 288 g/mol. The fourth-order valence-electron chi connectivity index (χ4n) is 2.41. The number of nitrogens with two attached hydrogens (primary N) is 1. The van der Waals surface area contributed by atoms with Gasteiger partial charge in [0.15, 0.2) is 0 Å². The quantitative estimate of drug-likeness (QED) is 0.867. The maximum absolute atomic E-state index is 5.85. The predicted octanol–water partition coefficient (Wildman–Crippen LogP) is 3.72. The van der Waals surface area contributed by atoms with Crippen molar-refractivity contribution in [2.24, 2.45) is 5.73 Å². The molecule has 18 heavy (non-hydrogen) atoms. The fourth-order valence-corrected chi connectivity index (χ4v) is 3.06. The zero-order valence-corrected chi connectivity index (χ0v) is 12.9. The summed E-state index contributed by atoms with van der Waals surface area (Å²) in [7, 11) is 0. The van der Waals surface area contributed by atoms with E-state index in [2.05, 4.69) is 52.9 Å². The SMILES string of the molecule is CCCN(c1ccc(CC(C)N)cc1Br)C1CC1. The summed E-state index contributed by atoms with van der Waals surface area (Å²) in [5.41, 5.74) is 8.51.